The highest BCUT2D eigenvalue weighted by Gasteiger charge is 2.63. The summed E-state index contributed by atoms with van der Waals surface area (Å²) in [6.07, 6.45) is 0.100. The van der Waals surface area contributed by atoms with Gasteiger partial charge in [-0.25, -0.2) is 4.79 Å². The Kier molecular flexibility index (Phi) is 6.16. The number of fused-ring (bicyclic) bond motifs is 3. The van der Waals surface area contributed by atoms with Gasteiger partial charge in [0.1, 0.15) is 22.8 Å². The first-order chi connectivity index (χ1) is 17.2. The summed E-state index contributed by atoms with van der Waals surface area (Å²) in [5.41, 5.74) is 7.51. The number of Topliss-reactive ketones (excluding diaryl/α,β-unsaturated/α-hetero) is 2. The van der Waals surface area contributed by atoms with E-state index in [0.717, 1.165) is 0 Å². The smallest absolute Gasteiger partial charge is 0.313 e. The van der Waals surface area contributed by atoms with Crippen molar-refractivity contribution in [1.29, 1.82) is 0 Å². The van der Waals surface area contributed by atoms with E-state index in [0.29, 0.717) is 11.3 Å². The molecule has 0 spiro atoms. The van der Waals surface area contributed by atoms with Gasteiger partial charge in [0.2, 0.25) is 5.78 Å². The molecule has 3 aliphatic rings. The van der Waals surface area contributed by atoms with Crippen molar-refractivity contribution in [1.82, 2.24) is 10.2 Å². The normalized spacial score (nSPS) is 27.0. The van der Waals surface area contributed by atoms with E-state index in [4.69, 9.17) is 11.5 Å². The number of benzene rings is 1. The summed E-state index contributed by atoms with van der Waals surface area (Å²) >= 11 is 0. The number of aliphatic hydroxyl groups is 3. The van der Waals surface area contributed by atoms with Gasteiger partial charge in [0.25, 0.3) is 5.91 Å². The summed E-state index contributed by atoms with van der Waals surface area (Å²) in [6, 6.07) is 1.03. The number of nitrogens with one attached hydrogen (secondary N) is 1. The quantitative estimate of drug-likeness (QED) is 0.191. The van der Waals surface area contributed by atoms with Crippen molar-refractivity contribution in [2.24, 2.45) is 23.3 Å². The number of ketones is 2. The molecule has 1 aromatic carbocycles. The Hall–Kier alpha value is -4.10. The zero-order valence-electron chi connectivity index (χ0n) is 20.5. The van der Waals surface area contributed by atoms with E-state index in [1.165, 1.54) is 11.0 Å². The molecule has 4 atom stereocenters. The second-order valence-corrected chi connectivity index (χ2v) is 9.82. The van der Waals surface area contributed by atoms with E-state index in [1.807, 2.05) is 0 Å². The molecule has 0 unspecified atom stereocenters. The summed E-state index contributed by atoms with van der Waals surface area (Å²) in [6.45, 7) is 0.00744. The fourth-order valence-electron chi connectivity index (χ4n) is 5.87. The van der Waals surface area contributed by atoms with Gasteiger partial charge in [-0.05, 0) is 50.6 Å². The molecule has 0 bridgehead atoms. The molecule has 4 rings (SSSR count). The van der Waals surface area contributed by atoms with Crippen LogP contribution < -0.4 is 21.7 Å². The molecule has 9 N–H and O–H groups in total. The van der Waals surface area contributed by atoms with Gasteiger partial charge in [-0.1, -0.05) is 0 Å². The van der Waals surface area contributed by atoms with Crippen LogP contribution >= 0.6 is 0 Å². The van der Waals surface area contributed by atoms with Gasteiger partial charge in [0, 0.05) is 24.2 Å². The molecule has 37 heavy (non-hydrogen) atoms. The molecule has 0 fully saturated rings. The minimum absolute atomic E-state index is 0.00744. The van der Waals surface area contributed by atoms with Crippen molar-refractivity contribution in [3.8, 4) is 5.75 Å². The zero-order chi connectivity index (χ0) is 27.6. The number of nitrogens with zero attached hydrogens (tertiary/aromatic N) is 2. The molecular formula is C24H29N5O8. The van der Waals surface area contributed by atoms with Crippen molar-refractivity contribution in [2.45, 2.75) is 24.5 Å². The lowest BCUT2D eigenvalue weighted by Gasteiger charge is -2.50. The van der Waals surface area contributed by atoms with E-state index in [2.05, 4.69) is 5.32 Å². The molecule has 3 aliphatic carbocycles. The number of rotatable bonds is 5. The number of aliphatic hydroxyl groups excluding tert-OH is 2. The van der Waals surface area contributed by atoms with Crippen molar-refractivity contribution < 1.29 is 39.6 Å². The summed E-state index contributed by atoms with van der Waals surface area (Å²) in [5, 5.41) is 46.7. The number of nitrogens with two attached hydrogens (primary N) is 2. The molecule has 0 heterocycles. The molecule has 1 aromatic rings. The van der Waals surface area contributed by atoms with Crippen LogP contribution in [0.5, 0.6) is 5.75 Å². The Balaban J connectivity index is 1.89. The number of amides is 3. The minimum Gasteiger partial charge on any atom is -0.510 e. The summed E-state index contributed by atoms with van der Waals surface area (Å²) in [5.74, 6) is -7.12. The average Bonchev–Trinajstić information content (AvgIpc) is 2.79. The van der Waals surface area contributed by atoms with Crippen molar-refractivity contribution in [3.05, 3.63) is 45.9 Å². The minimum atomic E-state index is -2.69. The Morgan fingerprint density at radius 2 is 1.78 bits per heavy atom. The van der Waals surface area contributed by atoms with Crippen LogP contribution in [0.4, 0.5) is 10.5 Å². The molecule has 3 amide bonds. The van der Waals surface area contributed by atoms with E-state index < -0.39 is 64.1 Å². The highest BCUT2D eigenvalue weighted by Crippen LogP contribution is 2.53. The first-order valence-electron chi connectivity index (χ1n) is 11.5. The number of carbonyl (C=O) groups is 4. The lowest BCUT2D eigenvalue weighted by Crippen LogP contribution is -2.63. The first-order valence-corrected chi connectivity index (χ1v) is 11.5. The lowest BCUT2D eigenvalue weighted by molar-refractivity contribution is -0.148. The molecular weight excluding hydrogens is 486 g/mol. The predicted molar refractivity (Wildman–Crippen MR) is 130 cm³/mol. The van der Waals surface area contributed by atoms with Crippen LogP contribution in [0.2, 0.25) is 0 Å². The largest absolute Gasteiger partial charge is 0.510 e. The van der Waals surface area contributed by atoms with Gasteiger partial charge in [0.05, 0.1) is 18.3 Å². The molecule has 0 radical (unpaired) electrons. The fourth-order valence-corrected chi connectivity index (χ4v) is 5.87. The number of hydrogen-bond acceptors (Lipinski definition) is 10. The van der Waals surface area contributed by atoms with Crippen LogP contribution in [0.1, 0.15) is 22.3 Å². The number of aromatic hydroxyl groups is 1. The Bertz CT molecular complexity index is 1300. The van der Waals surface area contributed by atoms with E-state index >= 15 is 0 Å². The molecule has 13 heteroatoms. The SMILES string of the molecule is CN(CNC(N)=O)c1ccc(O)c2c1C[C@H]1C[C@H]3[C@H](N(C)C)C(O)=C(C(N)=O)C(=O)[C@@]3(O)C(O)=C1C2=O. The number of phenolic OH excluding ortho intramolecular Hbond substituents is 1. The third-order valence-electron chi connectivity index (χ3n) is 7.48. The molecule has 0 aliphatic heterocycles. The topological polar surface area (TPSA) is 220 Å². The highest BCUT2D eigenvalue weighted by molar-refractivity contribution is 6.24. The van der Waals surface area contributed by atoms with Gasteiger partial charge in [-0.15, -0.1) is 0 Å². The Morgan fingerprint density at radius 1 is 1.14 bits per heavy atom. The van der Waals surface area contributed by atoms with Crippen LogP contribution in [0.3, 0.4) is 0 Å². The molecule has 0 saturated carbocycles. The number of primary amides is 2. The maximum absolute atomic E-state index is 13.7. The second-order valence-electron chi connectivity index (χ2n) is 9.82. The van der Waals surface area contributed by atoms with Crippen molar-refractivity contribution in [3.63, 3.8) is 0 Å². The number of carbonyl (C=O) groups excluding carboxylic acids is 4. The number of phenols is 1. The predicted octanol–water partition coefficient (Wildman–Crippen LogP) is -0.817. The summed E-state index contributed by atoms with van der Waals surface area (Å²) in [4.78, 5) is 53.3. The van der Waals surface area contributed by atoms with Crippen LogP contribution in [-0.4, -0.2) is 88.3 Å². The summed E-state index contributed by atoms with van der Waals surface area (Å²) in [7, 11) is 4.76. The van der Waals surface area contributed by atoms with Crippen LogP contribution in [0, 0.1) is 11.8 Å². The van der Waals surface area contributed by atoms with E-state index in [9.17, 15) is 39.6 Å². The monoisotopic (exact) mass is 515 g/mol. The van der Waals surface area contributed by atoms with E-state index in [1.54, 1.807) is 32.1 Å². The third-order valence-corrected chi connectivity index (χ3v) is 7.48. The van der Waals surface area contributed by atoms with Gasteiger partial charge in [-0.3, -0.25) is 19.3 Å². The van der Waals surface area contributed by atoms with E-state index in [-0.39, 0.29) is 36.4 Å². The van der Waals surface area contributed by atoms with Crippen LogP contribution in [-0.2, 0) is 16.0 Å². The van der Waals surface area contributed by atoms with Gasteiger partial charge in [-0.2, -0.15) is 0 Å². The highest BCUT2D eigenvalue weighted by atomic mass is 16.3. The lowest BCUT2D eigenvalue weighted by atomic mass is 9.58. The maximum Gasteiger partial charge on any atom is 0.313 e. The fraction of sp³-hybridized carbons (Fsp3) is 0.417. The Morgan fingerprint density at radius 3 is 2.35 bits per heavy atom. The maximum atomic E-state index is 13.7. The van der Waals surface area contributed by atoms with Crippen LogP contribution in [0.25, 0.3) is 0 Å². The standard InChI is InChI=1S/C24H29N5O8/c1-28(2)17-11-7-9-6-10-12(29(3)8-27-23(26)36)4-5-13(30)15(10)18(31)14(9)20(33)24(11,37)21(34)16(19(17)32)22(25)35/h4-5,9,11,17,30,32-33,37H,6-8H2,1-3H3,(H2,25,35)(H3,26,27,36)/t9-,11-,17-,24-/m0/s1. The Labute approximate surface area is 211 Å². The second kappa shape index (κ2) is 8.78. The molecule has 0 saturated heterocycles. The molecule has 198 valence electrons. The van der Waals surface area contributed by atoms with Gasteiger partial charge >= 0.3 is 6.03 Å². The number of hydrogen-bond donors (Lipinski definition) is 7. The zero-order valence-corrected chi connectivity index (χ0v) is 20.5. The van der Waals surface area contributed by atoms with Crippen molar-refractivity contribution in [2.75, 3.05) is 32.7 Å². The van der Waals surface area contributed by atoms with Gasteiger partial charge < -0.3 is 42.1 Å². The average molecular weight is 516 g/mol. The van der Waals surface area contributed by atoms with Crippen molar-refractivity contribution >= 4 is 29.2 Å². The number of anilines is 1. The summed E-state index contributed by atoms with van der Waals surface area (Å²) < 4.78 is 0. The first kappa shape index (κ1) is 26.0. The number of urea groups is 1. The molecule has 13 nitrogen and oxygen atoms in total. The van der Waals surface area contributed by atoms with Gasteiger partial charge in [0.15, 0.2) is 11.4 Å². The third kappa shape index (κ3) is 3.69. The number of likely N-dealkylation sites (N-methyl/N-ethyl adjacent to an activating group) is 1. The molecule has 0 aromatic heterocycles. The van der Waals surface area contributed by atoms with Crippen LogP contribution in [0.15, 0.2) is 34.8 Å². The number of allylic oxidation sites excluding steroid dienone is 1.